The van der Waals surface area contributed by atoms with Crippen molar-refractivity contribution >= 4 is 5.78 Å². The summed E-state index contributed by atoms with van der Waals surface area (Å²) < 4.78 is 0. The largest absolute Gasteiger partial charge is 0.299 e. The fourth-order valence-corrected chi connectivity index (χ4v) is 10.9. The van der Waals surface area contributed by atoms with Gasteiger partial charge in [0.05, 0.1) is 0 Å². The maximum atomic E-state index is 12.7. The van der Waals surface area contributed by atoms with Gasteiger partial charge in [0, 0.05) is 12.3 Å². The van der Waals surface area contributed by atoms with Gasteiger partial charge in [-0.15, -0.1) is 0 Å². The van der Waals surface area contributed by atoms with Crippen molar-refractivity contribution in [3.63, 3.8) is 0 Å². The summed E-state index contributed by atoms with van der Waals surface area (Å²) in [6.07, 6.45) is 14.8. The Morgan fingerprint density at radius 1 is 0.700 bits per heavy atom. The SMILES string of the molecule is C[C@H]1C(=O)CC[C@@H]2[C@]1(C)CC[C@H]1[C@@]2(C)CC[C@@]2(C)[C@@H]3CC(C)(C)CCC3CC[C@]12C. The molecule has 0 saturated heterocycles. The van der Waals surface area contributed by atoms with Crippen LogP contribution < -0.4 is 0 Å². The Labute approximate surface area is 186 Å². The van der Waals surface area contributed by atoms with Crippen molar-refractivity contribution in [2.75, 3.05) is 0 Å². The molecule has 0 amide bonds. The summed E-state index contributed by atoms with van der Waals surface area (Å²) in [5.41, 5.74) is 2.22. The Balaban J connectivity index is 1.53. The number of Topliss-reactive ketones (excluding diaryl/α,β-unsaturated/α-hetero) is 1. The quantitative estimate of drug-likeness (QED) is 0.393. The highest BCUT2D eigenvalue weighted by molar-refractivity contribution is 5.82. The molecular formula is C29H48O. The average molecular weight is 413 g/mol. The number of carbonyl (C=O) groups is 1. The van der Waals surface area contributed by atoms with Crippen molar-refractivity contribution in [2.24, 2.45) is 56.7 Å². The summed E-state index contributed by atoms with van der Waals surface area (Å²) in [5, 5.41) is 0. The Morgan fingerprint density at radius 3 is 2.13 bits per heavy atom. The molecule has 0 N–H and O–H groups in total. The molecule has 0 spiro atoms. The van der Waals surface area contributed by atoms with Gasteiger partial charge in [-0.3, -0.25) is 4.79 Å². The lowest BCUT2D eigenvalue weighted by Gasteiger charge is -2.73. The van der Waals surface area contributed by atoms with Gasteiger partial charge in [0.15, 0.2) is 0 Å². The minimum absolute atomic E-state index is 0.245. The van der Waals surface area contributed by atoms with E-state index in [9.17, 15) is 4.79 Å². The lowest BCUT2D eigenvalue weighted by molar-refractivity contribution is -0.242. The molecule has 1 unspecified atom stereocenters. The fourth-order valence-electron chi connectivity index (χ4n) is 10.9. The molecule has 5 saturated carbocycles. The second kappa shape index (κ2) is 6.38. The first-order valence-corrected chi connectivity index (χ1v) is 13.4. The minimum Gasteiger partial charge on any atom is -0.299 e. The summed E-state index contributed by atoms with van der Waals surface area (Å²) in [6.45, 7) is 18.0. The second-order valence-electron chi connectivity index (χ2n) is 14.5. The molecule has 5 aliphatic carbocycles. The van der Waals surface area contributed by atoms with Gasteiger partial charge >= 0.3 is 0 Å². The Kier molecular flexibility index (Phi) is 4.57. The number of hydrogen-bond acceptors (Lipinski definition) is 1. The van der Waals surface area contributed by atoms with Crippen LogP contribution in [0.15, 0.2) is 0 Å². The van der Waals surface area contributed by atoms with E-state index in [-0.39, 0.29) is 11.3 Å². The van der Waals surface area contributed by atoms with Gasteiger partial charge in [0.2, 0.25) is 0 Å². The van der Waals surface area contributed by atoms with E-state index in [1.165, 1.54) is 64.2 Å². The molecule has 0 aromatic heterocycles. The van der Waals surface area contributed by atoms with Crippen molar-refractivity contribution in [1.29, 1.82) is 0 Å². The van der Waals surface area contributed by atoms with Crippen LogP contribution in [-0.2, 0) is 4.79 Å². The third-order valence-electron chi connectivity index (χ3n) is 13.2. The van der Waals surface area contributed by atoms with Crippen molar-refractivity contribution in [1.82, 2.24) is 0 Å². The molecule has 170 valence electrons. The third-order valence-corrected chi connectivity index (χ3v) is 13.2. The van der Waals surface area contributed by atoms with Crippen LogP contribution in [0.4, 0.5) is 0 Å². The maximum absolute atomic E-state index is 12.7. The van der Waals surface area contributed by atoms with Crippen molar-refractivity contribution in [3.05, 3.63) is 0 Å². The van der Waals surface area contributed by atoms with E-state index in [4.69, 9.17) is 0 Å². The standard InChI is InChI=1S/C29H48O/c1-19-22(30)8-9-23-26(19,4)14-12-24-27(23,5)16-17-28(6)21-18-25(2,3)13-10-20(21)11-15-29(24,28)7/h19-21,23-24H,8-18H2,1-7H3/t19-,20?,21+,23+,24-,26+,27-,28-,29+/m0/s1. The van der Waals surface area contributed by atoms with E-state index in [0.29, 0.717) is 27.4 Å². The van der Waals surface area contributed by atoms with Crippen LogP contribution in [0.3, 0.4) is 0 Å². The Morgan fingerprint density at radius 2 is 1.40 bits per heavy atom. The first-order valence-electron chi connectivity index (χ1n) is 13.4. The zero-order chi connectivity index (χ0) is 21.7. The number of hydrogen-bond donors (Lipinski definition) is 0. The third kappa shape index (κ3) is 2.56. The van der Waals surface area contributed by atoms with Gasteiger partial charge in [-0.1, -0.05) is 48.5 Å². The predicted octanol–water partition coefficient (Wildman–Crippen LogP) is 8.07. The molecule has 5 fully saturated rings. The zero-order valence-electron chi connectivity index (χ0n) is 21.1. The highest BCUT2D eigenvalue weighted by Crippen LogP contribution is 2.76. The molecule has 0 aliphatic heterocycles. The molecule has 0 aromatic rings. The normalized spacial score (nSPS) is 57.6. The molecular weight excluding hydrogens is 364 g/mol. The second-order valence-corrected chi connectivity index (χ2v) is 14.5. The van der Waals surface area contributed by atoms with E-state index >= 15 is 0 Å². The molecule has 0 radical (unpaired) electrons. The van der Waals surface area contributed by atoms with Crippen LogP contribution in [0.2, 0.25) is 0 Å². The van der Waals surface area contributed by atoms with E-state index < -0.39 is 0 Å². The lowest BCUT2D eigenvalue weighted by atomic mass is 9.31. The molecule has 1 nitrogen and oxygen atoms in total. The van der Waals surface area contributed by atoms with Crippen LogP contribution in [-0.4, -0.2) is 5.78 Å². The highest BCUT2D eigenvalue weighted by atomic mass is 16.1. The fraction of sp³-hybridized carbons (Fsp3) is 0.966. The summed E-state index contributed by atoms with van der Waals surface area (Å²) in [4.78, 5) is 12.7. The predicted molar refractivity (Wildman–Crippen MR) is 125 cm³/mol. The van der Waals surface area contributed by atoms with E-state index in [0.717, 1.165) is 30.1 Å². The maximum Gasteiger partial charge on any atom is 0.136 e. The van der Waals surface area contributed by atoms with Crippen molar-refractivity contribution in [2.45, 2.75) is 119 Å². The first-order chi connectivity index (χ1) is 13.9. The summed E-state index contributed by atoms with van der Waals surface area (Å²) in [5.74, 6) is 4.34. The monoisotopic (exact) mass is 412 g/mol. The Bertz CT molecular complexity index is 737. The number of rotatable bonds is 0. The summed E-state index contributed by atoms with van der Waals surface area (Å²) >= 11 is 0. The molecule has 1 heteroatoms. The van der Waals surface area contributed by atoms with Crippen LogP contribution in [0.1, 0.15) is 119 Å². The van der Waals surface area contributed by atoms with Gasteiger partial charge in [-0.05, 0) is 115 Å². The van der Waals surface area contributed by atoms with Gasteiger partial charge in [-0.2, -0.15) is 0 Å². The zero-order valence-corrected chi connectivity index (χ0v) is 21.1. The van der Waals surface area contributed by atoms with Crippen molar-refractivity contribution < 1.29 is 4.79 Å². The van der Waals surface area contributed by atoms with Crippen LogP contribution in [0.25, 0.3) is 0 Å². The van der Waals surface area contributed by atoms with E-state index in [1.54, 1.807) is 0 Å². The minimum atomic E-state index is 0.245. The van der Waals surface area contributed by atoms with Gasteiger partial charge in [0.1, 0.15) is 5.78 Å². The first kappa shape index (κ1) is 21.5. The van der Waals surface area contributed by atoms with Crippen molar-refractivity contribution in [3.8, 4) is 0 Å². The van der Waals surface area contributed by atoms with Gasteiger partial charge in [0.25, 0.3) is 0 Å². The molecule has 0 bridgehead atoms. The summed E-state index contributed by atoms with van der Waals surface area (Å²) in [7, 11) is 0. The van der Waals surface area contributed by atoms with Gasteiger partial charge in [-0.25, -0.2) is 0 Å². The number of ketones is 1. The average Bonchev–Trinajstić information content (AvgIpc) is 2.67. The summed E-state index contributed by atoms with van der Waals surface area (Å²) in [6, 6.07) is 0. The van der Waals surface area contributed by atoms with Crippen LogP contribution >= 0.6 is 0 Å². The molecule has 9 atom stereocenters. The van der Waals surface area contributed by atoms with Crippen LogP contribution in [0.5, 0.6) is 0 Å². The highest BCUT2D eigenvalue weighted by Gasteiger charge is 2.69. The van der Waals surface area contributed by atoms with Crippen LogP contribution in [0, 0.1) is 56.7 Å². The molecule has 5 rings (SSSR count). The molecule has 0 aromatic carbocycles. The lowest BCUT2D eigenvalue weighted by Crippen LogP contribution is -2.66. The molecule has 5 aliphatic rings. The number of fused-ring (bicyclic) bond motifs is 7. The van der Waals surface area contributed by atoms with E-state index in [1.807, 2.05) is 0 Å². The Hall–Kier alpha value is -0.330. The smallest absolute Gasteiger partial charge is 0.136 e. The molecule has 0 heterocycles. The number of carbonyl (C=O) groups excluding carboxylic acids is 1. The topological polar surface area (TPSA) is 17.1 Å². The van der Waals surface area contributed by atoms with E-state index in [2.05, 4.69) is 48.5 Å². The van der Waals surface area contributed by atoms with Gasteiger partial charge < -0.3 is 0 Å². The molecule has 30 heavy (non-hydrogen) atoms.